The van der Waals surface area contributed by atoms with Gasteiger partial charge in [-0.3, -0.25) is 4.90 Å². The molecule has 3 heterocycles. The van der Waals surface area contributed by atoms with Gasteiger partial charge in [-0.05, 0) is 37.9 Å². The van der Waals surface area contributed by atoms with Gasteiger partial charge in [0.05, 0.1) is 5.52 Å². The van der Waals surface area contributed by atoms with E-state index in [-0.39, 0.29) is 0 Å². The molecule has 2 aliphatic rings. The van der Waals surface area contributed by atoms with Crippen molar-refractivity contribution in [2.75, 3.05) is 13.1 Å². The number of hydrogen-bond acceptors (Lipinski definition) is 3. The Balaban J connectivity index is 1.56. The van der Waals surface area contributed by atoms with Crippen molar-refractivity contribution >= 4 is 11.2 Å². The Morgan fingerprint density at radius 3 is 3.00 bits per heavy atom. The number of H-pyrrole nitrogens is 1. The summed E-state index contributed by atoms with van der Waals surface area (Å²) < 4.78 is 0. The summed E-state index contributed by atoms with van der Waals surface area (Å²) in [5.74, 6) is 1.70. The van der Waals surface area contributed by atoms with Crippen LogP contribution in [0.1, 0.15) is 37.4 Å². The first-order valence-electron chi connectivity index (χ1n) is 6.95. The molecule has 0 aromatic carbocycles. The number of hydrogen-bond donors (Lipinski definition) is 1. The molecule has 0 bridgehead atoms. The Labute approximate surface area is 106 Å². The van der Waals surface area contributed by atoms with Crippen LogP contribution in [0.15, 0.2) is 18.3 Å². The highest BCUT2D eigenvalue weighted by Crippen LogP contribution is 2.33. The second-order valence-electron chi connectivity index (χ2n) is 5.56. The summed E-state index contributed by atoms with van der Waals surface area (Å²) in [6, 6.07) is 4.87. The minimum atomic E-state index is 0.569. The van der Waals surface area contributed by atoms with Crippen LogP contribution in [-0.2, 0) is 0 Å². The van der Waals surface area contributed by atoms with E-state index in [0.29, 0.717) is 5.92 Å². The second kappa shape index (κ2) is 4.05. The van der Waals surface area contributed by atoms with Gasteiger partial charge in [0.15, 0.2) is 5.65 Å². The van der Waals surface area contributed by atoms with E-state index in [4.69, 9.17) is 0 Å². The zero-order chi connectivity index (χ0) is 11.9. The van der Waals surface area contributed by atoms with Crippen molar-refractivity contribution in [1.29, 1.82) is 0 Å². The molecule has 4 rings (SSSR count). The van der Waals surface area contributed by atoms with E-state index in [1.807, 2.05) is 12.3 Å². The molecule has 1 N–H and O–H groups in total. The fourth-order valence-electron chi connectivity index (χ4n) is 3.15. The second-order valence-corrected chi connectivity index (χ2v) is 5.56. The van der Waals surface area contributed by atoms with E-state index >= 15 is 0 Å². The fraction of sp³-hybridized carbons (Fsp3) is 0.571. The predicted octanol–water partition coefficient (Wildman–Crippen LogP) is 2.30. The number of nitrogens with one attached hydrogen (secondary N) is 1. The smallest absolute Gasteiger partial charge is 0.177 e. The topological polar surface area (TPSA) is 44.8 Å². The molecule has 2 aromatic rings. The molecule has 1 atom stereocenters. The Morgan fingerprint density at radius 2 is 2.22 bits per heavy atom. The highest BCUT2D eigenvalue weighted by Gasteiger charge is 2.33. The van der Waals surface area contributed by atoms with Crippen molar-refractivity contribution in [3.05, 3.63) is 24.2 Å². The van der Waals surface area contributed by atoms with Gasteiger partial charge in [-0.2, -0.15) is 0 Å². The number of likely N-dealkylation sites (tertiary alicyclic amines) is 1. The lowest BCUT2D eigenvalue weighted by molar-refractivity contribution is 0.157. The Hall–Kier alpha value is -1.42. The molecule has 1 aliphatic carbocycles. The lowest BCUT2D eigenvalue weighted by Crippen LogP contribution is -2.38. The number of aromatic nitrogens is 3. The zero-order valence-electron chi connectivity index (χ0n) is 10.5. The summed E-state index contributed by atoms with van der Waals surface area (Å²) in [6.07, 6.45) is 7.25. The summed E-state index contributed by atoms with van der Waals surface area (Å²) in [5, 5.41) is 0. The maximum atomic E-state index is 4.64. The number of imidazole rings is 1. The van der Waals surface area contributed by atoms with Crippen LogP contribution in [-0.4, -0.2) is 39.0 Å². The Kier molecular flexibility index (Phi) is 2.36. The molecule has 2 aromatic heterocycles. The lowest BCUT2D eigenvalue weighted by Gasteiger charge is -2.34. The lowest BCUT2D eigenvalue weighted by atomic mass is 9.92. The third-order valence-electron chi connectivity index (χ3n) is 4.47. The average Bonchev–Trinajstić information content (AvgIpc) is 2.91. The van der Waals surface area contributed by atoms with Crippen LogP contribution in [0.5, 0.6) is 0 Å². The van der Waals surface area contributed by atoms with Crippen LogP contribution in [0.25, 0.3) is 11.2 Å². The highest BCUT2D eigenvalue weighted by atomic mass is 15.2. The first-order chi connectivity index (χ1) is 8.90. The van der Waals surface area contributed by atoms with Crippen molar-refractivity contribution in [1.82, 2.24) is 19.9 Å². The van der Waals surface area contributed by atoms with E-state index in [9.17, 15) is 0 Å². The van der Waals surface area contributed by atoms with Gasteiger partial charge in [0.25, 0.3) is 0 Å². The number of fused-ring (bicyclic) bond motifs is 1. The van der Waals surface area contributed by atoms with Crippen molar-refractivity contribution in [3.8, 4) is 0 Å². The molecule has 94 valence electrons. The van der Waals surface area contributed by atoms with E-state index < -0.39 is 0 Å². The minimum absolute atomic E-state index is 0.569. The van der Waals surface area contributed by atoms with Gasteiger partial charge < -0.3 is 4.98 Å². The van der Waals surface area contributed by atoms with Crippen molar-refractivity contribution in [2.24, 2.45) is 0 Å². The van der Waals surface area contributed by atoms with Crippen molar-refractivity contribution in [3.63, 3.8) is 0 Å². The van der Waals surface area contributed by atoms with E-state index in [0.717, 1.165) is 23.0 Å². The molecule has 2 fully saturated rings. The van der Waals surface area contributed by atoms with Crippen LogP contribution in [0.4, 0.5) is 0 Å². The zero-order valence-corrected chi connectivity index (χ0v) is 10.5. The van der Waals surface area contributed by atoms with Crippen LogP contribution >= 0.6 is 0 Å². The summed E-state index contributed by atoms with van der Waals surface area (Å²) in [6.45, 7) is 2.41. The molecule has 4 nitrogen and oxygen atoms in total. The largest absolute Gasteiger partial charge is 0.340 e. The van der Waals surface area contributed by atoms with Gasteiger partial charge in [-0.25, -0.2) is 9.97 Å². The van der Waals surface area contributed by atoms with Gasteiger partial charge in [0, 0.05) is 24.7 Å². The summed E-state index contributed by atoms with van der Waals surface area (Å²) in [7, 11) is 0. The van der Waals surface area contributed by atoms with Crippen LogP contribution in [0.3, 0.4) is 0 Å². The summed E-state index contributed by atoms with van der Waals surface area (Å²) in [5.41, 5.74) is 1.92. The van der Waals surface area contributed by atoms with E-state index in [1.165, 1.54) is 38.8 Å². The number of rotatable bonds is 2. The molecular formula is C14H18N4. The first kappa shape index (κ1) is 10.5. The molecule has 4 heteroatoms. The average molecular weight is 242 g/mol. The quantitative estimate of drug-likeness (QED) is 0.879. The Bertz CT molecular complexity index is 525. The molecule has 1 aliphatic heterocycles. The molecule has 0 amide bonds. The number of nitrogens with zero attached hydrogens (tertiary/aromatic N) is 3. The van der Waals surface area contributed by atoms with Gasteiger partial charge in [0.2, 0.25) is 0 Å². The molecule has 1 saturated heterocycles. The predicted molar refractivity (Wildman–Crippen MR) is 70.5 cm³/mol. The van der Waals surface area contributed by atoms with E-state index in [2.05, 4.69) is 25.9 Å². The van der Waals surface area contributed by atoms with Gasteiger partial charge in [-0.1, -0.05) is 6.42 Å². The van der Waals surface area contributed by atoms with Crippen molar-refractivity contribution in [2.45, 2.75) is 37.6 Å². The van der Waals surface area contributed by atoms with Crippen molar-refractivity contribution < 1.29 is 0 Å². The van der Waals surface area contributed by atoms with E-state index in [1.54, 1.807) is 0 Å². The SMILES string of the molecule is c1cnc2nc([C@H]3CCN(C4CCC4)C3)[nH]c2c1. The molecule has 0 unspecified atom stereocenters. The number of pyridine rings is 1. The van der Waals surface area contributed by atoms with Crippen LogP contribution in [0.2, 0.25) is 0 Å². The maximum absolute atomic E-state index is 4.64. The van der Waals surface area contributed by atoms with Crippen LogP contribution in [0, 0.1) is 0 Å². The third kappa shape index (κ3) is 1.63. The standard InChI is InChI=1S/C14H18N4/c1-3-11(4-1)18-8-6-10(9-18)13-16-12-5-2-7-15-14(12)17-13/h2,5,7,10-11H,1,3-4,6,8-9H2,(H,15,16,17)/t10-/m0/s1. The fourth-order valence-corrected chi connectivity index (χ4v) is 3.15. The number of aromatic amines is 1. The molecule has 0 radical (unpaired) electrons. The summed E-state index contributed by atoms with van der Waals surface area (Å²) >= 11 is 0. The van der Waals surface area contributed by atoms with Gasteiger partial charge >= 0.3 is 0 Å². The normalized spacial score (nSPS) is 25.7. The first-order valence-corrected chi connectivity index (χ1v) is 6.95. The van der Waals surface area contributed by atoms with Crippen LogP contribution < -0.4 is 0 Å². The van der Waals surface area contributed by atoms with Gasteiger partial charge in [-0.15, -0.1) is 0 Å². The molecular weight excluding hydrogens is 224 g/mol. The van der Waals surface area contributed by atoms with Gasteiger partial charge in [0.1, 0.15) is 5.82 Å². The highest BCUT2D eigenvalue weighted by molar-refractivity contribution is 5.70. The molecule has 18 heavy (non-hydrogen) atoms. The third-order valence-corrected chi connectivity index (χ3v) is 4.47. The monoisotopic (exact) mass is 242 g/mol. The maximum Gasteiger partial charge on any atom is 0.177 e. The molecule has 0 spiro atoms. The Morgan fingerprint density at radius 1 is 1.28 bits per heavy atom. The minimum Gasteiger partial charge on any atom is -0.340 e. The molecule has 1 saturated carbocycles. The summed E-state index contributed by atoms with van der Waals surface area (Å²) in [4.78, 5) is 15.0.